The van der Waals surface area contributed by atoms with E-state index in [0.29, 0.717) is 29.7 Å². The molecule has 9 heteroatoms. The van der Waals surface area contributed by atoms with E-state index in [2.05, 4.69) is 46.9 Å². The van der Waals surface area contributed by atoms with Gasteiger partial charge in [-0.1, -0.05) is 51.0 Å². The molecule has 1 aromatic heterocycles. The van der Waals surface area contributed by atoms with Gasteiger partial charge in [-0.2, -0.15) is 0 Å². The van der Waals surface area contributed by atoms with Gasteiger partial charge in [-0.25, -0.2) is 9.78 Å². The lowest BCUT2D eigenvalue weighted by Gasteiger charge is -2.32. The number of carbonyl (C=O) groups excluding carboxylic acids is 2. The number of benzene rings is 2. The van der Waals surface area contributed by atoms with Crippen LogP contribution in [0.3, 0.4) is 0 Å². The number of thiazole rings is 1. The normalized spacial score (nSPS) is 17.2. The predicted molar refractivity (Wildman–Crippen MR) is 146 cm³/mol. The molecule has 2 aromatic carbocycles. The number of anilines is 1. The van der Waals surface area contributed by atoms with Crippen molar-refractivity contribution >= 4 is 29.0 Å². The van der Waals surface area contributed by atoms with E-state index in [-0.39, 0.29) is 24.0 Å². The van der Waals surface area contributed by atoms with Gasteiger partial charge in [0.25, 0.3) is 5.91 Å². The van der Waals surface area contributed by atoms with Gasteiger partial charge in [0.05, 0.1) is 18.8 Å². The van der Waals surface area contributed by atoms with E-state index in [1.165, 1.54) is 16.9 Å². The SMILES string of the molecule is COc1ccccc1NC(=O)N[C@H]1CCCC[C@H]1NC(=O)c1csc(COc2ccc(C(C)C)cc2)n1. The third kappa shape index (κ3) is 7.22. The van der Waals surface area contributed by atoms with Crippen LogP contribution in [-0.4, -0.2) is 36.1 Å². The van der Waals surface area contributed by atoms with Crippen LogP contribution in [-0.2, 0) is 6.61 Å². The van der Waals surface area contributed by atoms with Gasteiger partial charge < -0.3 is 25.4 Å². The molecule has 0 spiro atoms. The molecule has 4 rings (SSSR count). The molecule has 0 radical (unpaired) electrons. The van der Waals surface area contributed by atoms with Crippen molar-refractivity contribution in [3.8, 4) is 11.5 Å². The molecule has 3 aromatic rings. The van der Waals surface area contributed by atoms with E-state index in [4.69, 9.17) is 9.47 Å². The number of methoxy groups -OCH3 is 1. The summed E-state index contributed by atoms with van der Waals surface area (Å²) < 4.78 is 11.2. The first-order valence-electron chi connectivity index (χ1n) is 12.6. The van der Waals surface area contributed by atoms with Crippen molar-refractivity contribution in [1.82, 2.24) is 15.6 Å². The Morgan fingerprint density at radius 2 is 1.73 bits per heavy atom. The molecule has 37 heavy (non-hydrogen) atoms. The lowest BCUT2D eigenvalue weighted by molar-refractivity contribution is 0.0911. The second-order valence-corrected chi connectivity index (χ2v) is 10.4. The van der Waals surface area contributed by atoms with E-state index >= 15 is 0 Å². The fourth-order valence-corrected chi connectivity index (χ4v) is 5.05. The molecule has 8 nitrogen and oxygen atoms in total. The topological polar surface area (TPSA) is 102 Å². The van der Waals surface area contributed by atoms with Crippen molar-refractivity contribution in [2.24, 2.45) is 0 Å². The lowest BCUT2D eigenvalue weighted by atomic mass is 9.90. The van der Waals surface area contributed by atoms with Crippen LogP contribution in [0.5, 0.6) is 11.5 Å². The highest BCUT2D eigenvalue weighted by molar-refractivity contribution is 7.09. The number of para-hydroxylation sites is 2. The molecule has 0 saturated heterocycles. The average Bonchev–Trinajstić information content (AvgIpc) is 3.38. The second-order valence-electron chi connectivity index (χ2n) is 9.41. The summed E-state index contributed by atoms with van der Waals surface area (Å²) in [6, 6.07) is 14.6. The van der Waals surface area contributed by atoms with Gasteiger partial charge in [0.1, 0.15) is 28.8 Å². The van der Waals surface area contributed by atoms with Gasteiger partial charge in [0.2, 0.25) is 0 Å². The Bertz CT molecular complexity index is 1190. The maximum Gasteiger partial charge on any atom is 0.319 e. The molecule has 1 aliphatic rings. The number of hydrogen-bond acceptors (Lipinski definition) is 6. The summed E-state index contributed by atoms with van der Waals surface area (Å²) in [5.74, 6) is 1.58. The summed E-state index contributed by atoms with van der Waals surface area (Å²) in [6.07, 6.45) is 3.55. The third-order valence-corrected chi connectivity index (χ3v) is 7.27. The number of nitrogens with one attached hydrogen (secondary N) is 3. The number of aromatic nitrogens is 1. The number of hydrogen-bond donors (Lipinski definition) is 3. The van der Waals surface area contributed by atoms with Gasteiger partial charge in [-0.05, 0) is 48.6 Å². The van der Waals surface area contributed by atoms with Crippen LogP contribution in [0.25, 0.3) is 0 Å². The van der Waals surface area contributed by atoms with E-state index in [9.17, 15) is 9.59 Å². The van der Waals surface area contributed by atoms with Crippen LogP contribution in [0.1, 0.15) is 66.5 Å². The van der Waals surface area contributed by atoms with E-state index in [1.54, 1.807) is 24.6 Å². The first kappa shape index (κ1) is 26.5. The van der Waals surface area contributed by atoms with Gasteiger partial charge in [-0.3, -0.25) is 4.79 Å². The Hall–Kier alpha value is -3.59. The van der Waals surface area contributed by atoms with Gasteiger partial charge in [0, 0.05) is 11.4 Å². The fourth-order valence-electron chi connectivity index (χ4n) is 4.37. The summed E-state index contributed by atoms with van der Waals surface area (Å²) in [7, 11) is 1.56. The third-order valence-electron chi connectivity index (χ3n) is 6.45. The first-order valence-corrected chi connectivity index (χ1v) is 13.5. The number of ether oxygens (including phenoxy) is 2. The van der Waals surface area contributed by atoms with Crippen molar-refractivity contribution in [3.63, 3.8) is 0 Å². The fraction of sp³-hybridized carbons (Fsp3) is 0.393. The Kier molecular flexibility index (Phi) is 9.00. The molecule has 1 heterocycles. The summed E-state index contributed by atoms with van der Waals surface area (Å²) in [4.78, 5) is 30.1. The quantitative estimate of drug-likeness (QED) is 0.334. The largest absolute Gasteiger partial charge is 0.495 e. The zero-order chi connectivity index (χ0) is 26.2. The molecule has 1 fully saturated rings. The van der Waals surface area contributed by atoms with Crippen molar-refractivity contribution in [2.75, 3.05) is 12.4 Å². The highest BCUT2D eigenvalue weighted by Gasteiger charge is 2.29. The van der Waals surface area contributed by atoms with Crippen LogP contribution in [0, 0.1) is 0 Å². The average molecular weight is 523 g/mol. The van der Waals surface area contributed by atoms with Crippen LogP contribution in [0.4, 0.5) is 10.5 Å². The molecular weight excluding hydrogens is 488 g/mol. The zero-order valence-electron chi connectivity index (χ0n) is 21.5. The summed E-state index contributed by atoms with van der Waals surface area (Å²) in [5.41, 5.74) is 2.21. The summed E-state index contributed by atoms with van der Waals surface area (Å²) in [6.45, 7) is 4.61. The Morgan fingerprint density at radius 1 is 1.03 bits per heavy atom. The van der Waals surface area contributed by atoms with Crippen molar-refractivity contribution in [2.45, 2.75) is 64.1 Å². The maximum absolute atomic E-state index is 13.0. The molecule has 0 unspecified atom stereocenters. The minimum atomic E-state index is -0.329. The highest BCUT2D eigenvalue weighted by atomic mass is 32.1. The van der Waals surface area contributed by atoms with Gasteiger partial charge in [-0.15, -0.1) is 11.3 Å². The monoisotopic (exact) mass is 522 g/mol. The Labute approximate surface area is 221 Å². The lowest BCUT2D eigenvalue weighted by Crippen LogP contribution is -2.54. The number of rotatable bonds is 9. The van der Waals surface area contributed by atoms with Crippen molar-refractivity contribution < 1.29 is 19.1 Å². The molecule has 1 aliphatic carbocycles. The van der Waals surface area contributed by atoms with Crippen LogP contribution < -0.4 is 25.4 Å². The van der Waals surface area contributed by atoms with Crippen molar-refractivity contribution in [3.05, 3.63) is 70.2 Å². The van der Waals surface area contributed by atoms with Crippen LogP contribution in [0.2, 0.25) is 0 Å². The molecule has 3 N–H and O–H groups in total. The van der Waals surface area contributed by atoms with Gasteiger partial charge in [0.15, 0.2) is 0 Å². The second kappa shape index (κ2) is 12.6. The van der Waals surface area contributed by atoms with E-state index in [1.807, 2.05) is 24.3 Å². The number of nitrogens with zero attached hydrogens (tertiary/aromatic N) is 1. The first-order chi connectivity index (χ1) is 17.9. The zero-order valence-corrected chi connectivity index (χ0v) is 22.3. The van der Waals surface area contributed by atoms with E-state index < -0.39 is 0 Å². The molecule has 1 saturated carbocycles. The number of carbonyl (C=O) groups is 2. The van der Waals surface area contributed by atoms with Crippen molar-refractivity contribution in [1.29, 1.82) is 0 Å². The summed E-state index contributed by atoms with van der Waals surface area (Å²) in [5, 5.41) is 11.4. The molecular formula is C28H34N4O4S. The minimum absolute atomic E-state index is 0.175. The number of amides is 3. The maximum atomic E-state index is 13.0. The molecule has 196 valence electrons. The van der Waals surface area contributed by atoms with E-state index in [0.717, 1.165) is 36.4 Å². The molecule has 3 amide bonds. The smallest absolute Gasteiger partial charge is 0.319 e. The molecule has 0 bridgehead atoms. The number of urea groups is 1. The highest BCUT2D eigenvalue weighted by Crippen LogP contribution is 2.24. The van der Waals surface area contributed by atoms with Gasteiger partial charge >= 0.3 is 6.03 Å². The summed E-state index contributed by atoms with van der Waals surface area (Å²) >= 11 is 1.39. The standard InChI is InChI=1S/C28H34N4O4S/c1-18(2)19-12-14-20(15-13-19)36-16-26-29-24(17-37-26)27(33)30-21-8-4-5-9-22(21)31-28(34)32-23-10-6-7-11-25(23)35-3/h6-7,10-15,17-18,21-22H,4-5,8-9,16H2,1-3H3,(H,30,33)(H2,31,32,34)/t21-,22+/m1/s1. The Balaban J connectivity index is 1.30. The molecule has 2 atom stereocenters. The Morgan fingerprint density at radius 3 is 2.43 bits per heavy atom. The minimum Gasteiger partial charge on any atom is -0.495 e. The van der Waals surface area contributed by atoms with Crippen LogP contribution in [0.15, 0.2) is 53.9 Å². The molecule has 0 aliphatic heterocycles. The predicted octanol–water partition coefficient (Wildman–Crippen LogP) is 5.72. The van der Waals surface area contributed by atoms with Crippen LogP contribution >= 0.6 is 11.3 Å².